The van der Waals surface area contributed by atoms with Crippen molar-refractivity contribution >= 4 is 24.0 Å². The third-order valence-electron chi connectivity index (χ3n) is 10.7. The number of methoxy groups -OCH3 is 2. The molecule has 0 bridgehead atoms. The monoisotopic (exact) mass is 764 g/mol. The predicted octanol–water partition coefficient (Wildman–Crippen LogP) is 6.63. The van der Waals surface area contributed by atoms with Gasteiger partial charge in [0.2, 0.25) is 11.8 Å². The van der Waals surface area contributed by atoms with Gasteiger partial charge in [-0.2, -0.15) is 0 Å². The Balaban J connectivity index is 1.13. The summed E-state index contributed by atoms with van der Waals surface area (Å²) >= 11 is 0. The highest BCUT2D eigenvalue weighted by Gasteiger charge is 2.41. The fourth-order valence-electron chi connectivity index (χ4n) is 7.57. The van der Waals surface area contributed by atoms with E-state index in [1.54, 1.807) is 17.3 Å². The fraction of sp³-hybridized carbons (Fsp3) is 0.429. The summed E-state index contributed by atoms with van der Waals surface area (Å²) < 4.78 is 9.53. The van der Waals surface area contributed by atoms with Gasteiger partial charge in [0.25, 0.3) is 0 Å². The molecule has 14 nitrogen and oxygen atoms in total. The van der Waals surface area contributed by atoms with Gasteiger partial charge in [-0.1, -0.05) is 95.3 Å². The number of carbonyl (C=O) groups is 4. The van der Waals surface area contributed by atoms with Gasteiger partial charge in [0.05, 0.1) is 50.1 Å². The maximum absolute atomic E-state index is 13.7. The van der Waals surface area contributed by atoms with E-state index in [9.17, 15) is 19.2 Å². The molecule has 4 heterocycles. The van der Waals surface area contributed by atoms with Crippen LogP contribution in [0.4, 0.5) is 9.59 Å². The molecule has 14 heteroatoms. The van der Waals surface area contributed by atoms with Crippen LogP contribution in [0.25, 0.3) is 33.6 Å². The SMILES string of the molecule is C=C1C[C@@H](c2ncc(-c3ccc(-c4ccc(-c5cnc([C@@H]6C[C@H](C)CN6C(=O)[C@@H](NC(=O)OC)C(C)C)[nH]5)cc4)cc3)[nH]2)N(C(=O)[C@@H](NC(=O)OC)C(C)C)C1. The number of alkyl carbamates (subject to hydrolysis) is 2. The number of amides is 4. The molecule has 2 saturated heterocycles. The van der Waals surface area contributed by atoms with Crippen molar-refractivity contribution in [2.45, 2.75) is 71.6 Å². The molecule has 0 unspecified atom stereocenters. The minimum atomic E-state index is -0.741. The number of ether oxygens (including phenoxy) is 2. The van der Waals surface area contributed by atoms with Crippen LogP contribution in [0, 0.1) is 17.8 Å². The molecule has 0 radical (unpaired) electrons. The van der Waals surface area contributed by atoms with Gasteiger partial charge in [-0.05, 0) is 52.8 Å². The first-order valence-electron chi connectivity index (χ1n) is 19.1. The van der Waals surface area contributed by atoms with Crippen molar-refractivity contribution in [2.24, 2.45) is 17.8 Å². The van der Waals surface area contributed by atoms with E-state index in [0.717, 1.165) is 45.6 Å². The molecule has 2 aromatic heterocycles. The number of carbonyl (C=O) groups excluding carboxylic acids is 4. The molecule has 2 aliphatic heterocycles. The molecule has 56 heavy (non-hydrogen) atoms. The summed E-state index contributed by atoms with van der Waals surface area (Å²) in [5, 5.41) is 5.38. The summed E-state index contributed by atoms with van der Waals surface area (Å²) in [6, 6.07) is 14.4. The standard InChI is InChI=1S/C42H52N8O6/c1-23(2)35(47-41(53)55-7)39(51)49-21-25(5)17-33(49)37-43-19-31(45-37)29-13-9-27(10-14-29)28-11-15-30(16-12-28)32-20-44-38(46-32)34-18-26(6)22-50(34)40(52)36(24(3)4)48-42(54)56-8/h9-16,19-20,23-24,26,33-36H,5,17-18,21-22H2,1-4,6-8H3,(H,43,45)(H,44,46)(H,47,53)(H,48,54)/t26-,33-,34-,35-,36-/m0/s1. The lowest BCUT2D eigenvalue weighted by Crippen LogP contribution is -2.51. The van der Waals surface area contributed by atoms with E-state index >= 15 is 0 Å². The maximum atomic E-state index is 13.7. The third-order valence-corrected chi connectivity index (χ3v) is 10.7. The number of hydrogen-bond donors (Lipinski definition) is 4. The Morgan fingerprint density at radius 3 is 1.59 bits per heavy atom. The van der Waals surface area contributed by atoms with Crippen LogP contribution in [-0.2, 0) is 19.1 Å². The molecule has 2 fully saturated rings. The zero-order valence-electron chi connectivity index (χ0n) is 33.1. The van der Waals surface area contributed by atoms with Crippen molar-refractivity contribution in [1.82, 2.24) is 40.4 Å². The number of H-pyrrole nitrogens is 2. The third kappa shape index (κ3) is 8.48. The largest absolute Gasteiger partial charge is 0.453 e. The second kappa shape index (κ2) is 16.8. The minimum Gasteiger partial charge on any atom is -0.453 e. The van der Waals surface area contributed by atoms with Crippen LogP contribution in [0.1, 0.15) is 71.2 Å². The van der Waals surface area contributed by atoms with E-state index in [4.69, 9.17) is 14.5 Å². The number of aromatic amines is 2. The summed E-state index contributed by atoms with van der Waals surface area (Å²) in [5.74, 6) is 1.04. The van der Waals surface area contributed by atoms with Crippen molar-refractivity contribution in [3.63, 3.8) is 0 Å². The van der Waals surface area contributed by atoms with E-state index < -0.39 is 24.3 Å². The molecule has 2 aromatic carbocycles. The Morgan fingerprint density at radius 1 is 0.714 bits per heavy atom. The Hall–Kier alpha value is -5.92. The summed E-state index contributed by atoms with van der Waals surface area (Å²) in [6.07, 6.45) is 3.63. The zero-order valence-corrected chi connectivity index (χ0v) is 33.1. The van der Waals surface area contributed by atoms with Crippen LogP contribution < -0.4 is 10.6 Å². The lowest BCUT2D eigenvalue weighted by molar-refractivity contribution is -0.136. The van der Waals surface area contributed by atoms with Gasteiger partial charge < -0.3 is 39.9 Å². The molecule has 2 aliphatic rings. The van der Waals surface area contributed by atoms with E-state index in [2.05, 4.69) is 63.4 Å². The van der Waals surface area contributed by atoms with Crippen molar-refractivity contribution in [2.75, 3.05) is 27.3 Å². The lowest BCUT2D eigenvalue weighted by Gasteiger charge is -2.30. The normalized spacial score (nSPS) is 19.3. The molecule has 4 amide bonds. The first kappa shape index (κ1) is 39.8. The van der Waals surface area contributed by atoms with E-state index in [-0.39, 0.29) is 41.7 Å². The van der Waals surface area contributed by atoms with Gasteiger partial charge in [-0.3, -0.25) is 9.59 Å². The Kier molecular flexibility index (Phi) is 12.0. The molecule has 6 rings (SSSR count). The molecular formula is C42H52N8O6. The van der Waals surface area contributed by atoms with Gasteiger partial charge in [0.1, 0.15) is 23.7 Å². The van der Waals surface area contributed by atoms with Crippen LogP contribution in [0.15, 0.2) is 73.1 Å². The van der Waals surface area contributed by atoms with Gasteiger partial charge in [0.15, 0.2) is 0 Å². The number of nitrogens with zero attached hydrogens (tertiary/aromatic N) is 4. The zero-order chi connectivity index (χ0) is 40.3. The summed E-state index contributed by atoms with van der Waals surface area (Å²) in [5.41, 5.74) is 6.59. The number of aromatic nitrogens is 4. The van der Waals surface area contributed by atoms with Crippen LogP contribution >= 0.6 is 0 Å². The number of imidazole rings is 2. The van der Waals surface area contributed by atoms with Crippen LogP contribution in [0.3, 0.4) is 0 Å². The van der Waals surface area contributed by atoms with Crippen LogP contribution in [0.2, 0.25) is 0 Å². The summed E-state index contributed by atoms with van der Waals surface area (Å²) in [7, 11) is 2.57. The number of likely N-dealkylation sites (tertiary alicyclic amines) is 2. The van der Waals surface area contributed by atoms with Gasteiger partial charge in [-0.15, -0.1) is 0 Å². The molecule has 0 aliphatic carbocycles. The Morgan fingerprint density at radius 2 is 1.14 bits per heavy atom. The summed E-state index contributed by atoms with van der Waals surface area (Å²) in [6.45, 7) is 14.8. The molecule has 5 atom stereocenters. The van der Waals surface area contributed by atoms with Crippen molar-refractivity contribution in [1.29, 1.82) is 0 Å². The van der Waals surface area contributed by atoms with Gasteiger partial charge >= 0.3 is 12.2 Å². The van der Waals surface area contributed by atoms with E-state index in [0.29, 0.717) is 31.2 Å². The average molecular weight is 765 g/mol. The topological polar surface area (TPSA) is 175 Å². The van der Waals surface area contributed by atoms with Crippen LogP contribution in [-0.4, -0.2) is 93.1 Å². The Labute approximate surface area is 327 Å². The molecule has 4 N–H and O–H groups in total. The maximum Gasteiger partial charge on any atom is 0.407 e. The molecule has 0 saturated carbocycles. The predicted molar refractivity (Wildman–Crippen MR) is 212 cm³/mol. The fourth-order valence-corrected chi connectivity index (χ4v) is 7.57. The molecule has 4 aromatic rings. The second-order valence-corrected chi connectivity index (χ2v) is 15.5. The lowest BCUT2D eigenvalue weighted by atomic mass is 10.0. The number of benzene rings is 2. The van der Waals surface area contributed by atoms with Crippen molar-refractivity contribution in [3.05, 3.63) is 84.7 Å². The number of rotatable bonds is 11. The Bertz CT molecular complexity index is 2050. The first-order chi connectivity index (χ1) is 26.8. The minimum absolute atomic E-state index is 0.117. The molecule has 296 valence electrons. The molecule has 0 spiro atoms. The van der Waals surface area contributed by atoms with Crippen molar-refractivity contribution in [3.8, 4) is 33.6 Å². The van der Waals surface area contributed by atoms with Crippen molar-refractivity contribution < 1.29 is 28.7 Å². The second-order valence-electron chi connectivity index (χ2n) is 15.5. The van der Waals surface area contributed by atoms with E-state index in [1.807, 2.05) is 56.9 Å². The highest BCUT2D eigenvalue weighted by molar-refractivity contribution is 5.87. The van der Waals surface area contributed by atoms with Crippen LogP contribution in [0.5, 0.6) is 0 Å². The number of nitrogens with one attached hydrogen (secondary N) is 4. The first-order valence-corrected chi connectivity index (χ1v) is 19.1. The number of hydrogen-bond acceptors (Lipinski definition) is 8. The highest BCUT2D eigenvalue weighted by atomic mass is 16.5. The quantitative estimate of drug-likeness (QED) is 0.123. The van der Waals surface area contributed by atoms with Gasteiger partial charge in [-0.25, -0.2) is 19.6 Å². The average Bonchev–Trinajstić information content (AvgIpc) is 4.02. The molecular weight excluding hydrogens is 713 g/mol. The smallest absolute Gasteiger partial charge is 0.407 e. The summed E-state index contributed by atoms with van der Waals surface area (Å²) in [4.78, 5) is 71.1. The highest BCUT2D eigenvalue weighted by Crippen LogP contribution is 2.37. The van der Waals surface area contributed by atoms with E-state index in [1.165, 1.54) is 14.2 Å². The van der Waals surface area contributed by atoms with Gasteiger partial charge in [0, 0.05) is 13.1 Å².